The van der Waals surface area contributed by atoms with Gasteiger partial charge in [0.25, 0.3) is 5.91 Å². The van der Waals surface area contributed by atoms with Gasteiger partial charge in [-0.25, -0.2) is 0 Å². The van der Waals surface area contributed by atoms with Crippen molar-refractivity contribution < 1.29 is 9.53 Å². The summed E-state index contributed by atoms with van der Waals surface area (Å²) in [6, 6.07) is 10.4. The highest BCUT2D eigenvalue weighted by Crippen LogP contribution is 2.28. The van der Waals surface area contributed by atoms with Crippen molar-refractivity contribution in [2.24, 2.45) is 0 Å². The number of benzene rings is 1. The van der Waals surface area contributed by atoms with Gasteiger partial charge in [-0.1, -0.05) is 29.8 Å². The maximum Gasteiger partial charge on any atom is 0.261 e. The topological polar surface area (TPSA) is 56.1 Å². The lowest BCUT2D eigenvalue weighted by atomic mass is 10.1. The van der Waals surface area contributed by atoms with Crippen LogP contribution in [0.5, 0.6) is 0 Å². The summed E-state index contributed by atoms with van der Waals surface area (Å²) < 4.78 is 6.99. The second-order valence-electron chi connectivity index (χ2n) is 6.16. The molecule has 0 spiro atoms. The minimum absolute atomic E-state index is 0.0291. The minimum atomic E-state index is -0.0291. The van der Waals surface area contributed by atoms with E-state index in [1.165, 1.54) is 22.5 Å². The molecule has 6 heteroatoms. The SMILES string of the molecule is COCCCNC(=O)c1cc2c(C)nn(Cc3ccc(C)cc3)c2s1. The Morgan fingerprint density at radius 2 is 2.04 bits per heavy atom. The third kappa shape index (κ3) is 4.08. The molecule has 0 unspecified atom stereocenters. The van der Waals surface area contributed by atoms with Crippen molar-refractivity contribution in [2.45, 2.75) is 26.8 Å². The summed E-state index contributed by atoms with van der Waals surface area (Å²) >= 11 is 1.50. The van der Waals surface area contributed by atoms with E-state index < -0.39 is 0 Å². The Bertz CT molecular complexity index is 865. The van der Waals surface area contributed by atoms with Crippen molar-refractivity contribution >= 4 is 27.5 Å². The number of hydrogen-bond acceptors (Lipinski definition) is 4. The molecular weight excluding hydrogens is 334 g/mol. The molecule has 1 amide bonds. The molecule has 0 aliphatic rings. The molecule has 0 aliphatic heterocycles. The van der Waals surface area contributed by atoms with Crippen LogP contribution in [0, 0.1) is 13.8 Å². The van der Waals surface area contributed by atoms with Crippen LogP contribution in [-0.2, 0) is 11.3 Å². The van der Waals surface area contributed by atoms with E-state index in [1.54, 1.807) is 7.11 Å². The molecule has 0 saturated carbocycles. The second kappa shape index (κ2) is 7.80. The fourth-order valence-corrected chi connectivity index (χ4v) is 3.78. The molecule has 25 heavy (non-hydrogen) atoms. The van der Waals surface area contributed by atoms with E-state index >= 15 is 0 Å². The van der Waals surface area contributed by atoms with E-state index in [-0.39, 0.29) is 5.91 Å². The molecule has 2 heterocycles. The van der Waals surface area contributed by atoms with Crippen LogP contribution in [0.2, 0.25) is 0 Å². The molecule has 3 rings (SSSR count). The number of amides is 1. The number of methoxy groups -OCH3 is 1. The van der Waals surface area contributed by atoms with Crippen LogP contribution in [-0.4, -0.2) is 35.9 Å². The number of hydrogen-bond donors (Lipinski definition) is 1. The molecule has 0 fully saturated rings. The number of carbonyl (C=O) groups is 1. The predicted octanol–water partition coefficient (Wildman–Crippen LogP) is 3.53. The molecule has 2 aromatic heterocycles. The van der Waals surface area contributed by atoms with Gasteiger partial charge in [0.1, 0.15) is 4.83 Å². The molecule has 0 bridgehead atoms. The molecule has 5 nitrogen and oxygen atoms in total. The van der Waals surface area contributed by atoms with Crippen LogP contribution < -0.4 is 5.32 Å². The molecule has 0 saturated heterocycles. The Balaban J connectivity index is 1.78. The largest absolute Gasteiger partial charge is 0.385 e. The standard InChI is InChI=1S/C19H23N3O2S/c1-13-5-7-15(8-6-13)12-22-19-16(14(2)21-22)11-17(25-19)18(23)20-9-4-10-24-3/h5-8,11H,4,9-10,12H2,1-3H3,(H,20,23). The quantitative estimate of drug-likeness (QED) is 0.658. The average Bonchev–Trinajstić information content (AvgIpc) is 3.15. The monoisotopic (exact) mass is 357 g/mol. The van der Waals surface area contributed by atoms with Crippen molar-refractivity contribution in [2.75, 3.05) is 20.3 Å². The number of thiophene rings is 1. The number of fused-ring (bicyclic) bond motifs is 1. The maximum atomic E-state index is 12.3. The van der Waals surface area contributed by atoms with Crippen molar-refractivity contribution in [1.82, 2.24) is 15.1 Å². The first-order valence-corrected chi connectivity index (χ1v) is 9.20. The summed E-state index contributed by atoms with van der Waals surface area (Å²) in [5, 5.41) is 8.63. The number of carbonyl (C=O) groups excluding carboxylic acids is 1. The van der Waals surface area contributed by atoms with Crippen molar-refractivity contribution in [3.05, 3.63) is 52.0 Å². The lowest BCUT2D eigenvalue weighted by Crippen LogP contribution is -2.24. The molecule has 3 aromatic rings. The highest BCUT2D eigenvalue weighted by molar-refractivity contribution is 7.20. The van der Waals surface area contributed by atoms with Crippen LogP contribution in [0.25, 0.3) is 10.2 Å². The number of aryl methyl sites for hydroxylation is 2. The van der Waals surface area contributed by atoms with Gasteiger partial charge in [0.15, 0.2) is 0 Å². The Morgan fingerprint density at radius 1 is 1.28 bits per heavy atom. The number of aromatic nitrogens is 2. The maximum absolute atomic E-state index is 12.3. The van der Waals surface area contributed by atoms with Crippen LogP contribution >= 0.6 is 11.3 Å². The van der Waals surface area contributed by atoms with Gasteiger partial charge in [-0.05, 0) is 31.9 Å². The average molecular weight is 357 g/mol. The molecule has 0 atom stereocenters. The summed E-state index contributed by atoms with van der Waals surface area (Å²) in [4.78, 5) is 14.1. The minimum Gasteiger partial charge on any atom is -0.385 e. The number of nitrogens with one attached hydrogen (secondary N) is 1. The van der Waals surface area contributed by atoms with E-state index in [2.05, 4.69) is 41.6 Å². The zero-order valence-electron chi connectivity index (χ0n) is 14.8. The van der Waals surface area contributed by atoms with Gasteiger partial charge in [-0.3, -0.25) is 9.48 Å². The van der Waals surface area contributed by atoms with Crippen LogP contribution in [0.3, 0.4) is 0 Å². The van der Waals surface area contributed by atoms with E-state index in [9.17, 15) is 4.79 Å². The predicted molar refractivity (Wildman–Crippen MR) is 101 cm³/mol. The van der Waals surface area contributed by atoms with E-state index in [4.69, 9.17) is 4.74 Å². The highest BCUT2D eigenvalue weighted by atomic mass is 32.1. The first-order valence-electron chi connectivity index (χ1n) is 8.38. The van der Waals surface area contributed by atoms with Crippen molar-refractivity contribution in [3.8, 4) is 0 Å². The normalized spacial score (nSPS) is 11.2. The van der Waals surface area contributed by atoms with E-state index in [0.29, 0.717) is 19.7 Å². The Hall–Kier alpha value is -2.18. The van der Waals surface area contributed by atoms with Crippen molar-refractivity contribution in [3.63, 3.8) is 0 Å². The Kier molecular flexibility index (Phi) is 5.50. The van der Waals surface area contributed by atoms with Gasteiger partial charge in [0.05, 0.1) is 17.1 Å². The first-order chi connectivity index (χ1) is 12.1. The van der Waals surface area contributed by atoms with Crippen LogP contribution in [0.4, 0.5) is 0 Å². The summed E-state index contributed by atoms with van der Waals surface area (Å²) in [6.07, 6.45) is 0.813. The number of rotatable bonds is 7. The van der Waals surface area contributed by atoms with E-state index in [1.807, 2.05) is 17.7 Å². The number of ether oxygens (including phenoxy) is 1. The zero-order valence-corrected chi connectivity index (χ0v) is 15.7. The molecule has 132 valence electrons. The molecule has 1 N–H and O–H groups in total. The van der Waals surface area contributed by atoms with Gasteiger partial charge in [0, 0.05) is 25.6 Å². The summed E-state index contributed by atoms with van der Waals surface area (Å²) in [6.45, 7) is 6.05. The lowest BCUT2D eigenvalue weighted by Gasteiger charge is -2.04. The Labute approximate surface area is 151 Å². The second-order valence-corrected chi connectivity index (χ2v) is 7.19. The van der Waals surface area contributed by atoms with Gasteiger partial charge < -0.3 is 10.1 Å². The van der Waals surface area contributed by atoms with Crippen LogP contribution in [0.1, 0.15) is 32.9 Å². The first kappa shape index (κ1) is 17.6. The Morgan fingerprint density at radius 3 is 2.76 bits per heavy atom. The number of nitrogens with zero attached hydrogens (tertiary/aromatic N) is 2. The molecule has 0 aliphatic carbocycles. The highest BCUT2D eigenvalue weighted by Gasteiger charge is 2.16. The third-order valence-corrected chi connectivity index (χ3v) is 5.24. The van der Waals surface area contributed by atoms with Gasteiger partial charge in [0.2, 0.25) is 0 Å². The summed E-state index contributed by atoms with van der Waals surface area (Å²) in [7, 11) is 1.66. The van der Waals surface area contributed by atoms with E-state index in [0.717, 1.165) is 27.2 Å². The van der Waals surface area contributed by atoms with Gasteiger partial charge >= 0.3 is 0 Å². The lowest BCUT2D eigenvalue weighted by molar-refractivity contribution is 0.0952. The third-order valence-electron chi connectivity index (χ3n) is 4.09. The van der Waals surface area contributed by atoms with Crippen molar-refractivity contribution in [1.29, 1.82) is 0 Å². The molecule has 1 aromatic carbocycles. The summed E-state index contributed by atoms with van der Waals surface area (Å²) in [5.74, 6) is -0.0291. The fraction of sp³-hybridized carbons (Fsp3) is 0.368. The smallest absolute Gasteiger partial charge is 0.261 e. The fourth-order valence-electron chi connectivity index (χ4n) is 2.70. The molecular formula is C19H23N3O2S. The van der Waals surface area contributed by atoms with Gasteiger partial charge in [-0.15, -0.1) is 11.3 Å². The van der Waals surface area contributed by atoms with Gasteiger partial charge in [-0.2, -0.15) is 5.10 Å². The zero-order chi connectivity index (χ0) is 17.8. The molecule has 0 radical (unpaired) electrons. The summed E-state index contributed by atoms with van der Waals surface area (Å²) in [5.41, 5.74) is 3.40. The van der Waals surface area contributed by atoms with Crippen LogP contribution in [0.15, 0.2) is 30.3 Å².